The highest BCUT2D eigenvalue weighted by atomic mass is 32.2. The standard InChI is InChI=1S/C12H12N2O4S/c15-14(16)11-8-4-5-9-12(11)19(17,18)13-10-6-2-1-3-7-10/h1-9,13-15H. The minimum atomic E-state index is -3.92. The average Bonchev–Trinajstić information content (AvgIpc) is 2.39. The fraction of sp³-hybridized carbons (Fsp3) is 0. The van der Waals surface area contributed by atoms with E-state index in [9.17, 15) is 13.6 Å². The van der Waals surface area contributed by atoms with Gasteiger partial charge in [-0.1, -0.05) is 30.3 Å². The van der Waals surface area contributed by atoms with Crippen LogP contribution in [0.25, 0.3) is 0 Å². The summed E-state index contributed by atoms with van der Waals surface area (Å²) in [5.74, 6) is 0. The molecule has 0 aliphatic rings. The lowest BCUT2D eigenvalue weighted by Crippen LogP contribution is -2.99. The van der Waals surface area contributed by atoms with Crippen molar-refractivity contribution in [3.63, 3.8) is 0 Å². The van der Waals surface area contributed by atoms with Gasteiger partial charge in [-0.15, -0.1) is 0 Å². The van der Waals surface area contributed by atoms with Crippen molar-refractivity contribution in [2.45, 2.75) is 4.90 Å². The lowest BCUT2D eigenvalue weighted by molar-refractivity contribution is -0.992. The minimum Gasteiger partial charge on any atom is -0.595 e. The summed E-state index contributed by atoms with van der Waals surface area (Å²) in [7, 11) is -3.92. The molecule has 0 heterocycles. The molecule has 1 atom stereocenters. The summed E-state index contributed by atoms with van der Waals surface area (Å²) in [5, 5.41) is 18.7. The number of nitrogens with one attached hydrogen (secondary N) is 2. The van der Waals surface area contributed by atoms with Gasteiger partial charge in [0.15, 0.2) is 10.6 Å². The Morgan fingerprint density at radius 2 is 1.58 bits per heavy atom. The van der Waals surface area contributed by atoms with Crippen LogP contribution in [-0.2, 0) is 10.0 Å². The topological polar surface area (TPSA) is 93.9 Å². The van der Waals surface area contributed by atoms with E-state index in [2.05, 4.69) is 4.72 Å². The lowest BCUT2D eigenvalue weighted by Gasteiger charge is -2.16. The Hall–Kier alpha value is -1.93. The zero-order valence-corrected chi connectivity index (χ0v) is 10.6. The molecular formula is C12H12N2O4S. The van der Waals surface area contributed by atoms with Gasteiger partial charge in [-0.25, -0.2) is 13.6 Å². The van der Waals surface area contributed by atoms with Gasteiger partial charge in [-0.3, -0.25) is 4.72 Å². The second kappa shape index (κ2) is 5.37. The van der Waals surface area contributed by atoms with Crippen LogP contribution in [0.15, 0.2) is 59.5 Å². The molecule has 3 N–H and O–H groups in total. The largest absolute Gasteiger partial charge is 0.595 e. The van der Waals surface area contributed by atoms with Gasteiger partial charge in [0.25, 0.3) is 10.0 Å². The predicted molar refractivity (Wildman–Crippen MR) is 69.5 cm³/mol. The van der Waals surface area contributed by atoms with Crippen LogP contribution in [0.4, 0.5) is 11.4 Å². The monoisotopic (exact) mass is 280 g/mol. The van der Waals surface area contributed by atoms with Gasteiger partial charge in [-0.05, 0) is 18.2 Å². The average molecular weight is 280 g/mol. The molecule has 0 aliphatic heterocycles. The van der Waals surface area contributed by atoms with E-state index in [1.54, 1.807) is 30.3 Å². The third-order valence-electron chi connectivity index (χ3n) is 2.43. The highest BCUT2D eigenvalue weighted by Crippen LogP contribution is 2.20. The normalized spacial score (nSPS) is 12.9. The Morgan fingerprint density at radius 1 is 1.00 bits per heavy atom. The maximum Gasteiger partial charge on any atom is 0.267 e. The molecular weight excluding hydrogens is 268 g/mol. The number of benzene rings is 2. The molecule has 2 aromatic carbocycles. The van der Waals surface area contributed by atoms with Gasteiger partial charge in [-0.2, -0.15) is 5.23 Å². The van der Waals surface area contributed by atoms with Crippen molar-refractivity contribution in [1.82, 2.24) is 0 Å². The molecule has 0 spiro atoms. The Kier molecular flexibility index (Phi) is 3.82. The molecule has 0 radical (unpaired) electrons. The van der Waals surface area contributed by atoms with Crippen LogP contribution in [0, 0.1) is 5.21 Å². The molecule has 1 unspecified atom stereocenters. The predicted octanol–water partition coefficient (Wildman–Crippen LogP) is 0.891. The Balaban J connectivity index is 2.41. The number of hydrogen-bond donors (Lipinski definition) is 3. The number of hydrogen-bond acceptors (Lipinski definition) is 4. The first-order valence-electron chi connectivity index (χ1n) is 5.41. The number of para-hydroxylation sites is 2. The van der Waals surface area contributed by atoms with Crippen molar-refractivity contribution in [2.75, 3.05) is 4.72 Å². The lowest BCUT2D eigenvalue weighted by atomic mass is 10.3. The van der Waals surface area contributed by atoms with Crippen molar-refractivity contribution < 1.29 is 18.9 Å². The first-order chi connectivity index (χ1) is 9.00. The van der Waals surface area contributed by atoms with Crippen molar-refractivity contribution in [3.05, 3.63) is 59.8 Å². The van der Waals surface area contributed by atoms with Crippen molar-refractivity contribution >= 4 is 21.4 Å². The maximum absolute atomic E-state index is 12.2. The van der Waals surface area contributed by atoms with Crippen LogP contribution in [0.5, 0.6) is 0 Å². The highest BCUT2D eigenvalue weighted by Gasteiger charge is 2.22. The van der Waals surface area contributed by atoms with E-state index in [1.807, 2.05) is 0 Å². The molecule has 19 heavy (non-hydrogen) atoms. The summed E-state index contributed by atoms with van der Waals surface area (Å²) in [6.45, 7) is 0. The summed E-state index contributed by atoms with van der Waals surface area (Å²) < 4.78 is 26.6. The molecule has 0 aromatic heterocycles. The molecule has 2 aromatic rings. The van der Waals surface area contributed by atoms with E-state index < -0.39 is 15.2 Å². The van der Waals surface area contributed by atoms with Crippen LogP contribution >= 0.6 is 0 Å². The van der Waals surface area contributed by atoms with Gasteiger partial charge < -0.3 is 5.21 Å². The molecule has 100 valence electrons. The number of sulfonamides is 1. The smallest absolute Gasteiger partial charge is 0.267 e. The molecule has 0 fully saturated rings. The van der Waals surface area contributed by atoms with Gasteiger partial charge in [0.1, 0.15) is 0 Å². The summed E-state index contributed by atoms with van der Waals surface area (Å²) in [4.78, 5) is -0.258. The second-order valence-electron chi connectivity index (χ2n) is 3.77. The van der Waals surface area contributed by atoms with Crippen molar-refractivity contribution in [3.8, 4) is 0 Å². The van der Waals surface area contributed by atoms with Crippen molar-refractivity contribution in [1.29, 1.82) is 0 Å². The summed E-state index contributed by atoms with van der Waals surface area (Å²) in [6, 6.07) is 13.8. The summed E-state index contributed by atoms with van der Waals surface area (Å²) in [6.07, 6.45) is 0. The number of rotatable bonds is 4. The highest BCUT2D eigenvalue weighted by molar-refractivity contribution is 7.92. The Morgan fingerprint density at radius 3 is 2.21 bits per heavy atom. The fourth-order valence-electron chi connectivity index (χ4n) is 1.59. The molecule has 0 saturated carbocycles. The van der Waals surface area contributed by atoms with Gasteiger partial charge in [0.05, 0.1) is 0 Å². The molecule has 2 rings (SSSR count). The third kappa shape index (κ3) is 3.09. The van der Waals surface area contributed by atoms with Crippen LogP contribution in [0.2, 0.25) is 0 Å². The number of anilines is 1. The van der Waals surface area contributed by atoms with E-state index in [0.29, 0.717) is 5.69 Å². The van der Waals surface area contributed by atoms with E-state index in [1.165, 1.54) is 24.3 Å². The van der Waals surface area contributed by atoms with E-state index in [-0.39, 0.29) is 10.6 Å². The third-order valence-corrected chi connectivity index (χ3v) is 3.87. The molecule has 0 saturated heterocycles. The van der Waals surface area contributed by atoms with Crippen LogP contribution in [-0.4, -0.2) is 13.6 Å². The molecule has 0 bridgehead atoms. The van der Waals surface area contributed by atoms with Gasteiger partial charge >= 0.3 is 0 Å². The molecule has 0 amide bonds. The SMILES string of the molecule is O=S(=O)(Nc1ccccc1)c1ccccc1[NH+]([O-])O. The van der Waals surface area contributed by atoms with Gasteiger partial charge in [0.2, 0.25) is 0 Å². The molecule has 7 heteroatoms. The van der Waals surface area contributed by atoms with E-state index in [0.717, 1.165) is 0 Å². The molecule has 6 nitrogen and oxygen atoms in total. The summed E-state index contributed by atoms with van der Waals surface area (Å²) >= 11 is 0. The quantitative estimate of drug-likeness (QED) is 0.725. The van der Waals surface area contributed by atoms with Crippen molar-refractivity contribution in [2.24, 2.45) is 0 Å². The second-order valence-corrected chi connectivity index (χ2v) is 5.42. The molecule has 0 aliphatic carbocycles. The van der Waals surface area contributed by atoms with Crippen LogP contribution in [0.3, 0.4) is 0 Å². The zero-order valence-electron chi connectivity index (χ0n) is 9.78. The number of quaternary nitrogens is 1. The maximum atomic E-state index is 12.2. The summed E-state index contributed by atoms with van der Waals surface area (Å²) in [5.41, 5.74) is 0.119. The first kappa shape index (κ1) is 13.5. The van der Waals surface area contributed by atoms with Crippen LogP contribution < -0.4 is 9.95 Å². The fourth-order valence-corrected chi connectivity index (χ4v) is 2.85. The van der Waals surface area contributed by atoms with Crippen LogP contribution in [0.1, 0.15) is 0 Å². The first-order valence-corrected chi connectivity index (χ1v) is 6.89. The zero-order chi connectivity index (χ0) is 13.9. The minimum absolute atomic E-state index is 0.258. The van der Waals surface area contributed by atoms with E-state index in [4.69, 9.17) is 5.21 Å². The Bertz CT molecular complexity index is 656. The van der Waals surface area contributed by atoms with E-state index >= 15 is 0 Å². The Labute approximate surface area is 110 Å². The van der Waals surface area contributed by atoms with Gasteiger partial charge in [0, 0.05) is 11.8 Å².